The van der Waals surface area contributed by atoms with Crippen molar-refractivity contribution in [3.63, 3.8) is 0 Å². The second kappa shape index (κ2) is 5.75. The van der Waals surface area contributed by atoms with Gasteiger partial charge < -0.3 is 9.05 Å². The lowest BCUT2D eigenvalue weighted by molar-refractivity contribution is -0.107. The molecule has 0 heterocycles. The smallest absolute Gasteiger partial charge is 0.319 e. The summed E-state index contributed by atoms with van der Waals surface area (Å²) in [6.45, 7) is 0. The molecular formula is C3H7N2O3P. The Hall–Kier alpha value is -0.380. The normalized spacial score (nSPS) is 11.0. The molecule has 0 aromatic carbocycles. The molecule has 0 spiro atoms. The fourth-order valence-corrected chi connectivity index (χ4v) is 0.632. The second-order valence-electron chi connectivity index (χ2n) is 0.913. The van der Waals surface area contributed by atoms with Crippen molar-refractivity contribution in [3.05, 3.63) is 0 Å². The van der Waals surface area contributed by atoms with Gasteiger partial charge in [-0.3, -0.25) is 4.79 Å². The van der Waals surface area contributed by atoms with Gasteiger partial charge in [-0.1, -0.05) is 0 Å². The van der Waals surface area contributed by atoms with Gasteiger partial charge in [0.25, 0.3) is 6.41 Å². The predicted octanol–water partition coefficient (Wildman–Crippen LogP) is 1.11. The maximum atomic E-state index is 9.58. The van der Waals surface area contributed by atoms with Crippen molar-refractivity contribution < 1.29 is 13.8 Å². The van der Waals surface area contributed by atoms with E-state index < -0.39 is 8.53 Å². The summed E-state index contributed by atoms with van der Waals surface area (Å²) in [5.41, 5.74) is 0. The highest BCUT2D eigenvalue weighted by Crippen LogP contribution is 2.37. The van der Waals surface area contributed by atoms with Crippen LogP contribution in [0.2, 0.25) is 0 Å². The lowest BCUT2D eigenvalue weighted by Crippen LogP contribution is -1.75. The summed E-state index contributed by atoms with van der Waals surface area (Å²) in [5, 5.41) is 3.04. The number of carbonyl (C=O) groups is 1. The van der Waals surface area contributed by atoms with Gasteiger partial charge in [0.1, 0.15) is 0 Å². The molecule has 0 bridgehead atoms. The van der Waals surface area contributed by atoms with Crippen LogP contribution in [0.3, 0.4) is 0 Å². The summed E-state index contributed by atoms with van der Waals surface area (Å²) in [6.07, 6.45) is 0.327. The average Bonchev–Trinajstić information content (AvgIpc) is 1.91. The molecule has 5 nitrogen and oxygen atoms in total. The zero-order chi connectivity index (χ0) is 7.11. The molecule has 6 heteroatoms. The third-order valence-corrected chi connectivity index (χ3v) is 1.36. The van der Waals surface area contributed by atoms with Gasteiger partial charge in [-0.25, -0.2) is 0 Å². The van der Waals surface area contributed by atoms with Gasteiger partial charge >= 0.3 is 8.53 Å². The van der Waals surface area contributed by atoms with Crippen LogP contribution in [0.1, 0.15) is 0 Å². The van der Waals surface area contributed by atoms with Crippen LogP contribution in [0, 0.1) is 0 Å². The standard InChI is InChI=1S/C3H7N2O3P/c1-7-9(8-2)5-4-3-6/h3H,1-2H3. The zero-order valence-electron chi connectivity index (χ0n) is 5.14. The molecule has 0 radical (unpaired) electrons. The van der Waals surface area contributed by atoms with Gasteiger partial charge in [0.2, 0.25) is 0 Å². The van der Waals surface area contributed by atoms with Crippen molar-refractivity contribution in [3.8, 4) is 0 Å². The first kappa shape index (κ1) is 8.62. The van der Waals surface area contributed by atoms with Crippen molar-refractivity contribution in [2.45, 2.75) is 0 Å². The summed E-state index contributed by atoms with van der Waals surface area (Å²) < 4.78 is 9.25. The van der Waals surface area contributed by atoms with Gasteiger partial charge in [-0.05, 0) is 0 Å². The maximum absolute atomic E-state index is 9.58. The quantitative estimate of drug-likeness (QED) is 0.342. The summed E-state index contributed by atoms with van der Waals surface area (Å²) in [7, 11) is 1.52. The molecular weight excluding hydrogens is 143 g/mol. The van der Waals surface area contributed by atoms with Crippen LogP contribution in [-0.2, 0) is 13.8 Å². The molecule has 0 fully saturated rings. The molecule has 0 aromatic rings. The Morgan fingerprint density at radius 3 is 2.33 bits per heavy atom. The van der Waals surface area contributed by atoms with E-state index in [0.717, 1.165) is 0 Å². The highest BCUT2D eigenvalue weighted by molar-refractivity contribution is 7.45. The fourth-order valence-electron chi connectivity index (χ4n) is 0.211. The van der Waals surface area contributed by atoms with Crippen LogP contribution in [0.15, 0.2) is 10.00 Å². The Labute approximate surface area is 54.0 Å². The Morgan fingerprint density at radius 1 is 1.44 bits per heavy atom. The lowest BCUT2D eigenvalue weighted by atomic mass is 11.5. The van der Waals surface area contributed by atoms with Crippen molar-refractivity contribution in [2.75, 3.05) is 14.2 Å². The molecule has 0 saturated heterocycles. The van der Waals surface area contributed by atoms with Crippen molar-refractivity contribution >= 4 is 14.9 Å². The predicted molar refractivity (Wildman–Crippen MR) is 31.9 cm³/mol. The minimum Gasteiger partial charge on any atom is -0.319 e. The highest BCUT2D eigenvalue weighted by Gasteiger charge is 2.01. The molecule has 0 aliphatic carbocycles. The Morgan fingerprint density at radius 2 is 2.00 bits per heavy atom. The van der Waals surface area contributed by atoms with Crippen molar-refractivity contribution in [2.24, 2.45) is 10.00 Å². The average molecular weight is 150 g/mol. The Balaban J connectivity index is 3.53. The first-order chi connectivity index (χ1) is 4.35. The summed E-state index contributed by atoms with van der Waals surface area (Å²) in [4.78, 5) is 12.9. The van der Waals surface area contributed by atoms with E-state index in [1.54, 1.807) is 0 Å². The maximum Gasteiger partial charge on any atom is 0.329 e. The van der Waals surface area contributed by atoms with Gasteiger partial charge in [0, 0.05) is 14.2 Å². The summed E-state index contributed by atoms with van der Waals surface area (Å²) >= 11 is 0. The lowest BCUT2D eigenvalue weighted by Gasteiger charge is -2.00. The van der Waals surface area contributed by atoms with E-state index in [2.05, 4.69) is 19.0 Å². The van der Waals surface area contributed by atoms with Crippen molar-refractivity contribution in [1.29, 1.82) is 0 Å². The highest BCUT2D eigenvalue weighted by atomic mass is 31.2. The minimum absolute atomic E-state index is 0.327. The molecule has 0 unspecified atom stereocenters. The molecule has 52 valence electrons. The molecule has 9 heavy (non-hydrogen) atoms. The number of nitrogens with zero attached hydrogens (tertiary/aromatic N) is 2. The van der Waals surface area contributed by atoms with E-state index >= 15 is 0 Å². The third-order valence-electron chi connectivity index (χ3n) is 0.484. The topological polar surface area (TPSA) is 60.2 Å². The Kier molecular flexibility index (Phi) is 5.51. The third kappa shape index (κ3) is 4.14. The van der Waals surface area contributed by atoms with E-state index in [4.69, 9.17) is 0 Å². The minimum atomic E-state index is -1.34. The first-order valence-electron chi connectivity index (χ1n) is 2.08. The molecule has 0 atom stereocenters. The number of carbonyl (C=O) groups excluding carboxylic acids is 1. The SMILES string of the molecule is COP(N=NC=O)OC. The molecule has 1 amide bonds. The Bertz CT molecular complexity index is 103. The van der Waals surface area contributed by atoms with E-state index in [0.29, 0.717) is 6.41 Å². The number of hydrogen-bond donors (Lipinski definition) is 0. The largest absolute Gasteiger partial charge is 0.329 e. The van der Waals surface area contributed by atoms with Gasteiger partial charge in [0.05, 0.1) is 0 Å². The monoisotopic (exact) mass is 150 g/mol. The second-order valence-corrected chi connectivity index (χ2v) is 2.30. The molecule has 0 aliphatic rings. The van der Waals surface area contributed by atoms with Crippen LogP contribution in [0.4, 0.5) is 0 Å². The van der Waals surface area contributed by atoms with E-state index in [1.807, 2.05) is 0 Å². The molecule has 0 saturated carbocycles. The van der Waals surface area contributed by atoms with Gasteiger partial charge in [-0.2, -0.15) is 0 Å². The summed E-state index contributed by atoms with van der Waals surface area (Å²) in [5.74, 6) is 0. The van der Waals surface area contributed by atoms with E-state index in [-0.39, 0.29) is 0 Å². The van der Waals surface area contributed by atoms with Crippen LogP contribution in [-0.4, -0.2) is 20.6 Å². The molecule has 0 aromatic heterocycles. The zero-order valence-corrected chi connectivity index (χ0v) is 6.04. The van der Waals surface area contributed by atoms with E-state index in [9.17, 15) is 4.79 Å². The first-order valence-corrected chi connectivity index (χ1v) is 3.21. The molecule has 0 rings (SSSR count). The number of hydrogen-bond acceptors (Lipinski definition) is 4. The summed E-state index contributed by atoms with van der Waals surface area (Å²) in [6, 6.07) is 0. The number of amides is 1. The molecule has 0 aliphatic heterocycles. The van der Waals surface area contributed by atoms with Crippen LogP contribution >= 0.6 is 8.53 Å². The number of rotatable bonds is 4. The van der Waals surface area contributed by atoms with Crippen LogP contribution in [0.25, 0.3) is 0 Å². The van der Waals surface area contributed by atoms with Crippen LogP contribution < -0.4 is 0 Å². The fraction of sp³-hybridized carbons (Fsp3) is 0.667. The van der Waals surface area contributed by atoms with Crippen LogP contribution in [0.5, 0.6) is 0 Å². The van der Waals surface area contributed by atoms with Gasteiger partial charge in [0.15, 0.2) is 0 Å². The van der Waals surface area contributed by atoms with E-state index in [1.165, 1.54) is 14.2 Å². The molecule has 0 N–H and O–H groups in total. The van der Waals surface area contributed by atoms with Crippen molar-refractivity contribution in [1.82, 2.24) is 0 Å². The van der Waals surface area contributed by atoms with Gasteiger partial charge in [-0.15, -0.1) is 10.00 Å².